The van der Waals surface area contributed by atoms with E-state index in [-0.39, 0.29) is 17.7 Å². The number of hydrogen-bond donors (Lipinski definition) is 1. The Morgan fingerprint density at radius 1 is 1.00 bits per heavy atom. The first-order valence-electron chi connectivity index (χ1n) is 12.8. The van der Waals surface area contributed by atoms with E-state index >= 15 is 0 Å². The van der Waals surface area contributed by atoms with Gasteiger partial charge in [0.25, 0.3) is 11.8 Å². The number of ether oxygens (including phenoxy) is 1. The topological polar surface area (TPSA) is 91.8 Å². The molecule has 0 atom stereocenters. The monoisotopic (exact) mass is 490 g/mol. The molecule has 1 aromatic carbocycles. The van der Waals surface area contributed by atoms with Crippen LogP contribution < -0.4 is 10.1 Å². The minimum Gasteiger partial charge on any atom is -0.473 e. The van der Waals surface area contributed by atoms with E-state index in [9.17, 15) is 14.4 Å². The van der Waals surface area contributed by atoms with Crippen molar-refractivity contribution in [1.82, 2.24) is 20.1 Å². The van der Waals surface area contributed by atoms with Crippen molar-refractivity contribution in [3.8, 4) is 5.88 Å². The van der Waals surface area contributed by atoms with Crippen LogP contribution in [0.4, 0.5) is 0 Å². The fourth-order valence-corrected chi connectivity index (χ4v) is 4.55. The van der Waals surface area contributed by atoms with Gasteiger partial charge in [-0.2, -0.15) is 0 Å². The Balaban J connectivity index is 1.07. The summed E-state index contributed by atoms with van der Waals surface area (Å²) in [5.41, 5.74) is 2.12. The first kappa shape index (κ1) is 25.6. The van der Waals surface area contributed by atoms with Crippen LogP contribution in [-0.4, -0.2) is 65.3 Å². The van der Waals surface area contributed by atoms with Gasteiger partial charge < -0.3 is 10.1 Å². The summed E-state index contributed by atoms with van der Waals surface area (Å²) in [6.45, 7) is 4.36. The molecule has 1 N–H and O–H groups in total. The first-order valence-corrected chi connectivity index (χ1v) is 12.8. The van der Waals surface area contributed by atoms with E-state index in [2.05, 4.69) is 15.2 Å². The number of fused-ring (bicyclic) bond motifs is 1. The van der Waals surface area contributed by atoms with E-state index in [1.165, 1.54) is 29.7 Å². The Morgan fingerprint density at radius 2 is 1.75 bits per heavy atom. The van der Waals surface area contributed by atoms with Gasteiger partial charge in [-0.05, 0) is 68.6 Å². The number of benzene rings is 1. The van der Waals surface area contributed by atoms with Crippen molar-refractivity contribution in [2.45, 2.75) is 45.1 Å². The molecule has 3 heterocycles. The smallest absolute Gasteiger partial charge is 0.261 e. The van der Waals surface area contributed by atoms with Crippen LogP contribution in [0.2, 0.25) is 0 Å². The van der Waals surface area contributed by atoms with Crippen LogP contribution in [0.15, 0.2) is 54.7 Å². The van der Waals surface area contributed by atoms with E-state index in [1.807, 2.05) is 24.3 Å². The molecule has 0 bridgehead atoms. The van der Waals surface area contributed by atoms with E-state index in [0.717, 1.165) is 19.6 Å². The van der Waals surface area contributed by atoms with Crippen molar-refractivity contribution in [3.05, 3.63) is 71.4 Å². The van der Waals surface area contributed by atoms with Gasteiger partial charge >= 0.3 is 0 Å². The number of carbonyl (C=O) groups excluding carboxylic acids is 3. The zero-order chi connectivity index (χ0) is 25.2. The highest BCUT2D eigenvalue weighted by Crippen LogP contribution is 2.22. The number of unbranched alkanes of at least 4 members (excludes halogenated alkanes) is 1. The van der Waals surface area contributed by atoms with Gasteiger partial charge in [-0.15, -0.1) is 0 Å². The van der Waals surface area contributed by atoms with Gasteiger partial charge in [0.1, 0.15) is 6.61 Å². The lowest BCUT2D eigenvalue weighted by Gasteiger charge is -2.26. The Morgan fingerprint density at radius 3 is 2.50 bits per heavy atom. The lowest BCUT2D eigenvalue weighted by molar-refractivity contribution is -0.121. The number of likely N-dealkylation sites (tertiary alicyclic amines) is 1. The molecule has 2 aliphatic rings. The number of nitrogens with zero attached hydrogens (tertiary/aromatic N) is 3. The molecule has 1 fully saturated rings. The Labute approximate surface area is 212 Å². The van der Waals surface area contributed by atoms with Gasteiger partial charge in [0, 0.05) is 38.3 Å². The third-order valence-electron chi connectivity index (χ3n) is 6.48. The predicted octanol–water partition coefficient (Wildman–Crippen LogP) is 3.59. The summed E-state index contributed by atoms with van der Waals surface area (Å²) in [4.78, 5) is 44.8. The van der Waals surface area contributed by atoms with Gasteiger partial charge in [0.05, 0.1) is 11.1 Å². The minimum atomic E-state index is -0.253. The summed E-state index contributed by atoms with van der Waals surface area (Å²) in [6, 6.07) is 10.9. The fraction of sp³-hybridized carbons (Fsp3) is 0.429. The van der Waals surface area contributed by atoms with Crippen LogP contribution in [0.3, 0.4) is 0 Å². The summed E-state index contributed by atoms with van der Waals surface area (Å²) in [6.07, 6.45) is 10.9. The maximum atomic E-state index is 12.4. The molecule has 0 unspecified atom stereocenters. The van der Waals surface area contributed by atoms with E-state index < -0.39 is 0 Å². The van der Waals surface area contributed by atoms with E-state index in [4.69, 9.17) is 4.74 Å². The summed E-state index contributed by atoms with van der Waals surface area (Å²) in [5.74, 6) is 0.0407. The van der Waals surface area contributed by atoms with E-state index in [0.29, 0.717) is 56.0 Å². The third-order valence-corrected chi connectivity index (χ3v) is 6.48. The predicted molar refractivity (Wildman–Crippen MR) is 137 cm³/mol. The van der Waals surface area contributed by atoms with Crippen molar-refractivity contribution in [3.63, 3.8) is 0 Å². The maximum Gasteiger partial charge on any atom is 0.261 e. The number of aromatic nitrogens is 1. The highest BCUT2D eigenvalue weighted by atomic mass is 16.5. The second-order valence-corrected chi connectivity index (χ2v) is 9.19. The lowest BCUT2D eigenvalue weighted by atomic mass is 10.1. The van der Waals surface area contributed by atoms with E-state index in [1.54, 1.807) is 30.5 Å². The van der Waals surface area contributed by atoms with Gasteiger partial charge in [0.15, 0.2) is 0 Å². The molecule has 2 aromatic rings. The van der Waals surface area contributed by atoms with Crippen LogP contribution in [0.25, 0.3) is 0 Å². The number of pyridine rings is 1. The van der Waals surface area contributed by atoms with Crippen molar-refractivity contribution in [1.29, 1.82) is 0 Å². The standard InChI is InChI=1S/C28H34N4O4/c33-25(12-4-8-18-32-27(34)23-10-2-3-11-24(23)28(32)35)29-14-5-9-19-36-26-20-22(13-15-30-26)21-31-16-6-1-7-17-31/h2-3,5,9-11,13,15,20H,1,4,6-8,12,14,16-19,21H2,(H,29,33)/b9-5-. The second-order valence-electron chi connectivity index (χ2n) is 9.19. The average Bonchev–Trinajstić information content (AvgIpc) is 3.14. The minimum absolute atomic E-state index is 0.0602. The number of nitrogens with one attached hydrogen (secondary N) is 1. The Hall–Kier alpha value is -3.52. The molecule has 0 radical (unpaired) electrons. The van der Waals surface area contributed by atoms with Crippen LogP contribution in [-0.2, 0) is 11.3 Å². The van der Waals surface area contributed by atoms with Crippen LogP contribution in [0.5, 0.6) is 5.88 Å². The van der Waals surface area contributed by atoms with Gasteiger partial charge in [-0.1, -0.05) is 24.6 Å². The number of amides is 3. The molecule has 3 amide bonds. The summed E-state index contributed by atoms with van der Waals surface area (Å²) in [7, 11) is 0. The molecule has 190 valence electrons. The lowest BCUT2D eigenvalue weighted by Crippen LogP contribution is -2.31. The second kappa shape index (κ2) is 13.0. The number of rotatable bonds is 12. The van der Waals surface area contributed by atoms with Crippen molar-refractivity contribution in [2.24, 2.45) is 0 Å². The fourth-order valence-electron chi connectivity index (χ4n) is 4.55. The number of carbonyl (C=O) groups is 3. The molecule has 0 saturated carbocycles. The van der Waals surface area contributed by atoms with Gasteiger partial charge in [0.2, 0.25) is 11.8 Å². The Bertz CT molecular complexity index is 1060. The average molecular weight is 491 g/mol. The highest BCUT2D eigenvalue weighted by Gasteiger charge is 2.34. The summed E-state index contributed by atoms with van der Waals surface area (Å²) < 4.78 is 5.72. The number of imide groups is 1. The molecule has 1 aromatic heterocycles. The van der Waals surface area contributed by atoms with Crippen molar-refractivity contribution >= 4 is 17.7 Å². The molecule has 8 heteroatoms. The maximum absolute atomic E-state index is 12.4. The molecule has 36 heavy (non-hydrogen) atoms. The van der Waals surface area contributed by atoms with Crippen molar-refractivity contribution < 1.29 is 19.1 Å². The zero-order valence-electron chi connectivity index (χ0n) is 20.7. The van der Waals surface area contributed by atoms with Gasteiger partial charge in [-0.3, -0.25) is 24.2 Å². The zero-order valence-corrected chi connectivity index (χ0v) is 20.7. The quantitative estimate of drug-likeness (QED) is 0.278. The SMILES string of the molecule is O=C(CCCCN1C(=O)c2ccccc2C1=O)NC/C=C\COc1cc(CN2CCCCC2)ccn1. The molecule has 4 rings (SSSR count). The van der Waals surface area contributed by atoms with Gasteiger partial charge in [-0.25, -0.2) is 4.98 Å². The molecule has 0 aliphatic carbocycles. The normalized spacial score (nSPS) is 15.9. The number of piperidine rings is 1. The van der Waals surface area contributed by atoms with Crippen LogP contribution in [0.1, 0.15) is 64.8 Å². The largest absolute Gasteiger partial charge is 0.473 e. The number of hydrogen-bond acceptors (Lipinski definition) is 6. The highest BCUT2D eigenvalue weighted by molar-refractivity contribution is 6.21. The molecule has 0 spiro atoms. The molecule has 8 nitrogen and oxygen atoms in total. The molecule has 2 aliphatic heterocycles. The summed E-state index contributed by atoms with van der Waals surface area (Å²) >= 11 is 0. The first-order chi connectivity index (χ1) is 17.6. The van der Waals surface area contributed by atoms with Crippen LogP contribution >= 0.6 is 0 Å². The molecule has 1 saturated heterocycles. The molecular weight excluding hydrogens is 456 g/mol. The van der Waals surface area contributed by atoms with Crippen LogP contribution in [0, 0.1) is 0 Å². The summed E-state index contributed by atoms with van der Waals surface area (Å²) in [5, 5.41) is 2.85. The molecular formula is C28H34N4O4. The third kappa shape index (κ3) is 7.01. The van der Waals surface area contributed by atoms with Crippen molar-refractivity contribution in [2.75, 3.05) is 32.8 Å². The Kier molecular flexibility index (Phi) is 9.21.